The average molecular weight is 344 g/mol. The molecule has 0 aliphatic heterocycles. The highest BCUT2D eigenvalue weighted by Crippen LogP contribution is 2.23. The van der Waals surface area contributed by atoms with Crippen molar-refractivity contribution >= 4 is 5.97 Å². The number of benzene rings is 2. The Kier molecular flexibility index (Phi) is 6.70. The van der Waals surface area contributed by atoms with Crippen LogP contribution in [0.2, 0.25) is 0 Å². The van der Waals surface area contributed by atoms with Crippen LogP contribution in [0, 0.1) is 6.92 Å². The zero-order chi connectivity index (χ0) is 18.3. The maximum Gasteiger partial charge on any atom is 0.338 e. The van der Waals surface area contributed by atoms with E-state index in [9.17, 15) is 4.79 Å². The minimum atomic E-state index is -0.827. The fraction of sp³-hybridized carbons (Fsp3) is 0.350. The number of ether oxygens (including phenoxy) is 2. The van der Waals surface area contributed by atoms with Gasteiger partial charge in [-0.15, -0.1) is 0 Å². The van der Waals surface area contributed by atoms with Crippen LogP contribution >= 0.6 is 0 Å². The molecule has 2 aromatic rings. The van der Waals surface area contributed by atoms with Gasteiger partial charge in [0.15, 0.2) is 0 Å². The Bertz CT molecular complexity index is 674. The molecule has 0 radical (unpaired) electrons. The second kappa shape index (κ2) is 8.76. The van der Waals surface area contributed by atoms with Crippen LogP contribution in [-0.4, -0.2) is 24.4 Å². The van der Waals surface area contributed by atoms with Crippen molar-refractivity contribution in [1.82, 2.24) is 0 Å². The van der Waals surface area contributed by atoms with E-state index in [1.807, 2.05) is 31.2 Å². The summed E-state index contributed by atoms with van der Waals surface area (Å²) in [6, 6.07) is 14.8. The van der Waals surface area contributed by atoms with Gasteiger partial charge in [-0.25, -0.2) is 9.68 Å². The number of hydrogen-bond acceptors (Lipinski definition) is 5. The topological polar surface area (TPSA) is 65.0 Å². The molecule has 2 rings (SSSR count). The Labute approximate surface area is 148 Å². The highest BCUT2D eigenvalue weighted by atomic mass is 17.1. The molecule has 0 aliphatic rings. The predicted molar refractivity (Wildman–Crippen MR) is 94.3 cm³/mol. The van der Waals surface area contributed by atoms with Gasteiger partial charge in [-0.2, -0.15) is 0 Å². The van der Waals surface area contributed by atoms with Crippen LogP contribution in [0.4, 0.5) is 0 Å². The molecule has 0 aliphatic carbocycles. The standard InChI is InChI=1S/C20H24O5/c1-15-4-6-16(7-5-15)14-23-12-13-24-19(21)17-8-10-18(11-9-17)20(2,3)25-22/h4-11,22H,12-14H2,1-3H3. The largest absolute Gasteiger partial charge is 0.460 e. The van der Waals surface area contributed by atoms with E-state index < -0.39 is 11.6 Å². The summed E-state index contributed by atoms with van der Waals surface area (Å²) in [6.45, 7) is 6.51. The third-order valence-electron chi connectivity index (χ3n) is 3.89. The lowest BCUT2D eigenvalue weighted by molar-refractivity contribution is -0.318. The minimum Gasteiger partial charge on any atom is -0.460 e. The lowest BCUT2D eigenvalue weighted by Crippen LogP contribution is -2.19. The van der Waals surface area contributed by atoms with Crippen LogP contribution in [0.3, 0.4) is 0 Å². The highest BCUT2D eigenvalue weighted by Gasteiger charge is 2.21. The van der Waals surface area contributed by atoms with Gasteiger partial charge < -0.3 is 9.47 Å². The van der Waals surface area contributed by atoms with Crippen molar-refractivity contribution in [3.63, 3.8) is 0 Å². The van der Waals surface area contributed by atoms with E-state index >= 15 is 0 Å². The molecule has 0 fully saturated rings. The quantitative estimate of drug-likeness (QED) is 0.338. The Morgan fingerprint density at radius 2 is 1.64 bits per heavy atom. The molecule has 0 saturated carbocycles. The molecule has 0 amide bonds. The van der Waals surface area contributed by atoms with Crippen LogP contribution in [-0.2, 0) is 26.6 Å². The molecule has 0 heterocycles. The van der Waals surface area contributed by atoms with E-state index in [4.69, 9.17) is 14.7 Å². The van der Waals surface area contributed by atoms with Crippen LogP contribution < -0.4 is 0 Å². The first kappa shape index (κ1) is 19.1. The summed E-state index contributed by atoms with van der Waals surface area (Å²) in [5, 5.41) is 8.88. The van der Waals surface area contributed by atoms with Crippen molar-refractivity contribution in [3.05, 3.63) is 70.8 Å². The van der Waals surface area contributed by atoms with Crippen molar-refractivity contribution in [3.8, 4) is 0 Å². The lowest BCUT2D eigenvalue weighted by Gasteiger charge is -2.20. The van der Waals surface area contributed by atoms with Crippen molar-refractivity contribution < 1.29 is 24.4 Å². The van der Waals surface area contributed by atoms with E-state index in [1.54, 1.807) is 38.1 Å². The second-order valence-corrected chi connectivity index (χ2v) is 6.35. The van der Waals surface area contributed by atoms with Gasteiger partial charge in [0.05, 0.1) is 18.8 Å². The number of aryl methyl sites for hydroxylation is 1. The summed E-state index contributed by atoms with van der Waals surface area (Å²) < 4.78 is 10.7. The first-order valence-electron chi connectivity index (χ1n) is 8.16. The Hall–Kier alpha value is -2.21. The van der Waals surface area contributed by atoms with Gasteiger partial charge in [0.2, 0.25) is 0 Å². The number of carbonyl (C=O) groups is 1. The highest BCUT2D eigenvalue weighted by molar-refractivity contribution is 5.89. The fourth-order valence-corrected chi connectivity index (χ4v) is 2.21. The molecular weight excluding hydrogens is 320 g/mol. The lowest BCUT2D eigenvalue weighted by atomic mass is 9.97. The van der Waals surface area contributed by atoms with Crippen LogP contribution in [0.1, 0.15) is 40.9 Å². The fourth-order valence-electron chi connectivity index (χ4n) is 2.21. The molecule has 0 bridgehead atoms. The van der Waals surface area contributed by atoms with Crippen LogP contribution in [0.5, 0.6) is 0 Å². The first-order chi connectivity index (χ1) is 11.9. The zero-order valence-electron chi connectivity index (χ0n) is 14.8. The van der Waals surface area contributed by atoms with E-state index in [0.29, 0.717) is 18.8 Å². The molecule has 1 N–H and O–H groups in total. The molecule has 25 heavy (non-hydrogen) atoms. The van der Waals surface area contributed by atoms with Crippen LogP contribution in [0.25, 0.3) is 0 Å². The minimum absolute atomic E-state index is 0.192. The molecule has 0 saturated heterocycles. The average Bonchev–Trinajstić information content (AvgIpc) is 2.63. The second-order valence-electron chi connectivity index (χ2n) is 6.35. The Morgan fingerprint density at radius 3 is 2.24 bits per heavy atom. The molecule has 0 unspecified atom stereocenters. The van der Waals surface area contributed by atoms with Crippen molar-refractivity contribution in [2.45, 2.75) is 33.0 Å². The molecule has 0 aromatic heterocycles. The summed E-state index contributed by atoms with van der Waals surface area (Å²) in [5.41, 5.74) is 2.66. The van der Waals surface area contributed by atoms with Crippen molar-refractivity contribution in [2.75, 3.05) is 13.2 Å². The Morgan fingerprint density at radius 1 is 1.00 bits per heavy atom. The van der Waals surface area contributed by atoms with Crippen molar-refractivity contribution in [2.24, 2.45) is 0 Å². The Balaban J connectivity index is 1.74. The van der Waals surface area contributed by atoms with Gasteiger partial charge in [-0.3, -0.25) is 5.26 Å². The van der Waals surface area contributed by atoms with E-state index in [2.05, 4.69) is 4.89 Å². The molecular formula is C20H24O5. The molecule has 5 nitrogen and oxygen atoms in total. The van der Waals surface area contributed by atoms with Crippen LogP contribution in [0.15, 0.2) is 48.5 Å². The summed E-state index contributed by atoms with van der Waals surface area (Å²) in [5.74, 6) is -0.409. The van der Waals surface area contributed by atoms with Gasteiger partial charge in [-0.1, -0.05) is 42.0 Å². The van der Waals surface area contributed by atoms with E-state index in [-0.39, 0.29) is 6.61 Å². The maximum atomic E-state index is 12.0. The molecule has 5 heteroatoms. The normalized spacial score (nSPS) is 11.4. The maximum absolute atomic E-state index is 12.0. The van der Waals surface area contributed by atoms with Crippen molar-refractivity contribution in [1.29, 1.82) is 0 Å². The molecule has 2 aromatic carbocycles. The predicted octanol–water partition coefficient (Wildman–Crippen LogP) is 4.09. The number of carbonyl (C=O) groups excluding carboxylic acids is 1. The van der Waals surface area contributed by atoms with Gasteiger partial charge in [-0.05, 0) is 44.0 Å². The third kappa shape index (κ3) is 5.67. The summed E-state index contributed by atoms with van der Waals surface area (Å²) in [4.78, 5) is 16.4. The summed E-state index contributed by atoms with van der Waals surface area (Å²) >= 11 is 0. The van der Waals surface area contributed by atoms with Gasteiger partial charge in [0.1, 0.15) is 12.2 Å². The summed E-state index contributed by atoms with van der Waals surface area (Å²) in [7, 11) is 0. The van der Waals surface area contributed by atoms with Gasteiger partial charge >= 0.3 is 5.97 Å². The van der Waals surface area contributed by atoms with E-state index in [1.165, 1.54) is 5.56 Å². The van der Waals surface area contributed by atoms with E-state index in [0.717, 1.165) is 11.1 Å². The SMILES string of the molecule is Cc1ccc(COCCOC(=O)c2ccc(C(C)(C)OO)cc2)cc1. The smallest absolute Gasteiger partial charge is 0.338 e. The van der Waals surface area contributed by atoms with Gasteiger partial charge in [0, 0.05) is 0 Å². The number of rotatable bonds is 8. The number of esters is 1. The molecule has 134 valence electrons. The summed E-state index contributed by atoms with van der Waals surface area (Å²) in [6.07, 6.45) is 0. The monoisotopic (exact) mass is 344 g/mol. The zero-order valence-corrected chi connectivity index (χ0v) is 14.8. The molecule has 0 atom stereocenters. The molecule has 0 spiro atoms. The first-order valence-corrected chi connectivity index (χ1v) is 8.16. The number of hydrogen-bond donors (Lipinski definition) is 1. The van der Waals surface area contributed by atoms with Gasteiger partial charge in [0.25, 0.3) is 0 Å². The third-order valence-corrected chi connectivity index (χ3v) is 3.89.